The molecule has 1 aromatic carbocycles. The Morgan fingerprint density at radius 3 is 2.56 bits per heavy atom. The van der Waals surface area contributed by atoms with Gasteiger partial charge in [0.25, 0.3) is 5.91 Å². The quantitative estimate of drug-likeness (QED) is 0.628. The number of halogens is 1. The number of rotatable bonds is 5. The van der Waals surface area contributed by atoms with Gasteiger partial charge < -0.3 is 19.7 Å². The Bertz CT molecular complexity index is 1120. The van der Waals surface area contributed by atoms with Crippen molar-refractivity contribution in [1.29, 1.82) is 0 Å². The third kappa shape index (κ3) is 4.61. The first-order valence-electron chi connectivity index (χ1n) is 10.7. The molecule has 1 amide bonds. The lowest BCUT2D eigenvalue weighted by molar-refractivity contribution is 0.0664. The number of piperazine rings is 1. The van der Waals surface area contributed by atoms with Crippen molar-refractivity contribution >= 4 is 29.1 Å². The monoisotopic (exact) mass is 453 g/mol. The minimum Gasteiger partial charge on any atom is -0.336 e. The molecule has 32 heavy (non-hydrogen) atoms. The Morgan fingerprint density at radius 1 is 1.12 bits per heavy atom. The number of amides is 1. The van der Waals surface area contributed by atoms with E-state index in [9.17, 15) is 4.79 Å². The number of aromatic nitrogens is 4. The van der Waals surface area contributed by atoms with Crippen LogP contribution in [0, 0.1) is 6.92 Å². The second-order valence-electron chi connectivity index (χ2n) is 8.33. The molecule has 2 aromatic heterocycles. The fourth-order valence-corrected chi connectivity index (χ4v) is 4.19. The number of anilines is 2. The van der Waals surface area contributed by atoms with Crippen molar-refractivity contribution in [2.24, 2.45) is 0 Å². The van der Waals surface area contributed by atoms with Crippen LogP contribution in [0.15, 0.2) is 36.7 Å². The summed E-state index contributed by atoms with van der Waals surface area (Å²) in [6.07, 6.45) is 3.54. The highest BCUT2D eigenvalue weighted by molar-refractivity contribution is 6.34. The fraction of sp³-hybridized carbons (Fsp3) is 0.391. The number of carbonyl (C=O) groups excluding carboxylic acids is 1. The summed E-state index contributed by atoms with van der Waals surface area (Å²) in [4.78, 5) is 30.3. The van der Waals surface area contributed by atoms with Crippen LogP contribution in [0.5, 0.6) is 0 Å². The first kappa shape index (κ1) is 22.2. The molecule has 4 rings (SSSR count). The zero-order valence-electron chi connectivity index (χ0n) is 18.8. The van der Waals surface area contributed by atoms with E-state index in [4.69, 9.17) is 11.6 Å². The average molecular weight is 454 g/mol. The summed E-state index contributed by atoms with van der Waals surface area (Å²) in [5, 5.41) is 3.60. The van der Waals surface area contributed by atoms with Gasteiger partial charge in [0.15, 0.2) is 0 Å². The van der Waals surface area contributed by atoms with Gasteiger partial charge in [-0.25, -0.2) is 15.0 Å². The number of imidazole rings is 1. The Labute approximate surface area is 193 Å². The third-order valence-corrected chi connectivity index (χ3v) is 5.98. The second-order valence-corrected chi connectivity index (χ2v) is 8.74. The van der Waals surface area contributed by atoms with Crippen molar-refractivity contribution in [3.05, 3.63) is 53.1 Å². The Balaban J connectivity index is 1.52. The summed E-state index contributed by atoms with van der Waals surface area (Å²) >= 11 is 6.47. The largest absolute Gasteiger partial charge is 0.336 e. The molecule has 9 heteroatoms. The molecule has 1 saturated heterocycles. The molecule has 3 heterocycles. The van der Waals surface area contributed by atoms with Gasteiger partial charge in [-0.3, -0.25) is 4.79 Å². The van der Waals surface area contributed by atoms with Gasteiger partial charge in [-0.2, -0.15) is 0 Å². The van der Waals surface area contributed by atoms with E-state index < -0.39 is 0 Å². The van der Waals surface area contributed by atoms with Crippen molar-refractivity contribution in [2.75, 3.05) is 38.5 Å². The maximum absolute atomic E-state index is 12.9. The normalized spacial score (nSPS) is 14.8. The smallest absolute Gasteiger partial charge is 0.255 e. The summed E-state index contributed by atoms with van der Waals surface area (Å²) in [6, 6.07) is 7.46. The molecule has 8 nitrogen and oxygen atoms in total. The molecule has 0 unspecified atom stereocenters. The highest BCUT2D eigenvalue weighted by Gasteiger charge is 2.22. The molecule has 0 spiro atoms. The number of hydrogen-bond donors (Lipinski definition) is 1. The van der Waals surface area contributed by atoms with E-state index in [-0.39, 0.29) is 11.9 Å². The van der Waals surface area contributed by atoms with Gasteiger partial charge in [-0.15, -0.1) is 0 Å². The van der Waals surface area contributed by atoms with Gasteiger partial charge in [0, 0.05) is 44.1 Å². The molecular formula is C23H28ClN7O. The first-order chi connectivity index (χ1) is 15.3. The number of carbonyl (C=O) groups is 1. The Hall–Kier alpha value is -2.97. The lowest BCUT2D eigenvalue weighted by Gasteiger charge is -2.32. The number of nitrogens with one attached hydrogen (secondary N) is 1. The second kappa shape index (κ2) is 9.26. The first-order valence-corrected chi connectivity index (χ1v) is 11.1. The molecule has 0 aliphatic carbocycles. The van der Waals surface area contributed by atoms with E-state index in [1.165, 1.54) is 0 Å². The zero-order chi connectivity index (χ0) is 22.8. The highest BCUT2D eigenvalue weighted by Crippen LogP contribution is 2.26. The lowest BCUT2D eigenvalue weighted by atomic mass is 10.1. The Kier molecular flexibility index (Phi) is 6.43. The average Bonchev–Trinajstić information content (AvgIpc) is 3.16. The maximum Gasteiger partial charge on any atom is 0.255 e. The molecule has 0 atom stereocenters. The summed E-state index contributed by atoms with van der Waals surface area (Å²) in [5.41, 5.74) is 2.95. The topological polar surface area (TPSA) is 79.2 Å². The van der Waals surface area contributed by atoms with E-state index in [0.29, 0.717) is 29.6 Å². The third-order valence-electron chi connectivity index (χ3n) is 5.66. The van der Waals surface area contributed by atoms with Crippen LogP contribution in [0.1, 0.15) is 36.1 Å². The van der Waals surface area contributed by atoms with Crippen molar-refractivity contribution in [2.45, 2.75) is 26.8 Å². The minimum absolute atomic E-state index is 0.0368. The van der Waals surface area contributed by atoms with E-state index in [0.717, 1.165) is 36.0 Å². The van der Waals surface area contributed by atoms with Crippen molar-refractivity contribution < 1.29 is 4.79 Å². The van der Waals surface area contributed by atoms with Crippen LogP contribution in [0.2, 0.25) is 5.02 Å². The van der Waals surface area contributed by atoms with Crippen LogP contribution < -0.4 is 5.32 Å². The molecule has 168 valence electrons. The lowest BCUT2D eigenvalue weighted by Crippen LogP contribution is -2.47. The molecule has 1 aliphatic rings. The van der Waals surface area contributed by atoms with Crippen LogP contribution >= 0.6 is 11.6 Å². The van der Waals surface area contributed by atoms with Gasteiger partial charge in [-0.05, 0) is 52.1 Å². The molecular weight excluding hydrogens is 426 g/mol. The van der Waals surface area contributed by atoms with Crippen LogP contribution in [-0.4, -0.2) is 68.5 Å². The molecule has 0 bridgehead atoms. The SMILES string of the molecule is Cc1ncc(-c2ccnc(Nc3ccc(C(=O)N4CCN(C)CC4)c(Cl)c3)n2)n1C(C)C. The predicted octanol–water partition coefficient (Wildman–Crippen LogP) is 4.01. The summed E-state index contributed by atoms with van der Waals surface area (Å²) in [5.74, 6) is 1.35. The summed E-state index contributed by atoms with van der Waals surface area (Å²) in [7, 11) is 2.06. The van der Waals surface area contributed by atoms with Crippen LogP contribution in [0.25, 0.3) is 11.4 Å². The Morgan fingerprint density at radius 2 is 1.88 bits per heavy atom. The minimum atomic E-state index is -0.0368. The van der Waals surface area contributed by atoms with Gasteiger partial charge in [0.2, 0.25) is 5.95 Å². The van der Waals surface area contributed by atoms with Gasteiger partial charge in [-0.1, -0.05) is 11.6 Å². The van der Waals surface area contributed by atoms with E-state index >= 15 is 0 Å². The van der Waals surface area contributed by atoms with Crippen molar-refractivity contribution in [3.63, 3.8) is 0 Å². The molecule has 0 radical (unpaired) electrons. The fourth-order valence-electron chi connectivity index (χ4n) is 3.93. The maximum atomic E-state index is 12.9. The van der Waals surface area contributed by atoms with Crippen LogP contribution in [0.4, 0.5) is 11.6 Å². The molecule has 0 saturated carbocycles. The van der Waals surface area contributed by atoms with Gasteiger partial charge >= 0.3 is 0 Å². The number of benzene rings is 1. The van der Waals surface area contributed by atoms with Gasteiger partial charge in [0.1, 0.15) is 5.82 Å². The standard InChI is InChI=1S/C23H28ClN7O/c1-15(2)31-16(3)26-14-21(31)20-7-8-25-23(28-20)27-17-5-6-18(19(24)13-17)22(32)30-11-9-29(4)10-12-30/h5-8,13-15H,9-12H2,1-4H3,(H,25,27,28). The molecule has 1 N–H and O–H groups in total. The van der Waals surface area contributed by atoms with E-state index in [2.05, 4.69) is 50.6 Å². The highest BCUT2D eigenvalue weighted by atomic mass is 35.5. The summed E-state index contributed by atoms with van der Waals surface area (Å²) < 4.78 is 2.14. The number of aryl methyl sites for hydroxylation is 1. The number of nitrogens with zero attached hydrogens (tertiary/aromatic N) is 6. The predicted molar refractivity (Wildman–Crippen MR) is 127 cm³/mol. The van der Waals surface area contributed by atoms with Crippen LogP contribution in [-0.2, 0) is 0 Å². The van der Waals surface area contributed by atoms with Crippen molar-refractivity contribution in [3.8, 4) is 11.4 Å². The molecule has 1 aliphatic heterocycles. The molecule has 3 aromatic rings. The van der Waals surface area contributed by atoms with Gasteiger partial charge in [0.05, 0.1) is 28.2 Å². The number of likely N-dealkylation sites (N-methyl/N-ethyl adjacent to an activating group) is 1. The zero-order valence-corrected chi connectivity index (χ0v) is 19.6. The van der Waals surface area contributed by atoms with Crippen molar-refractivity contribution in [1.82, 2.24) is 29.3 Å². The summed E-state index contributed by atoms with van der Waals surface area (Å²) in [6.45, 7) is 9.36. The molecule has 1 fully saturated rings. The van der Waals surface area contributed by atoms with E-state index in [1.807, 2.05) is 30.2 Å². The number of hydrogen-bond acceptors (Lipinski definition) is 6. The van der Waals surface area contributed by atoms with E-state index in [1.54, 1.807) is 18.3 Å². The van der Waals surface area contributed by atoms with Crippen LogP contribution in [0.3, 0.4) is 0 Å².